The third-order valence-corrected chi connectivity index (χ3v) is 9.01. The molecule has 0 saturated heterocycles. The summed E-state index contributed by atoms with van der Waals surface area (Å²) in [5, 5.41) is 3.00. The van der Waals surface area contributed by atoms with Gasteiger partial charge in [-0.25, -0.2) is 13.4 Å². The fourth-order valence-electron chi connectivity index (χ4n) is 3.34. The lowest BCUT2D eigenvalue weighted by atomic mass is 9.81. The van der Waals surface area contributed by atoms with E-state index in [1.807, 2.05) is 5.38 Å². The van der Waals surface area contributed by atoms with Crippen LogP contribution < -0.4 is 0 Å². The largest absolute Gasteiger partial charge is 0.469 e. The monoisotopic (exact) mass is 401 g/mol. The minimum Gasteiger partial charge on any atom is -0.469 e. The van der Waals surface area contributed by atoms with E-state index in [-0.39, 0.29) is 12.4 Å². The minimum atomic E-state index is -3.03. The number of hydrogen-bond acceptors (Lipinski definition) is 6. The Labute approximate surface area is 161 Å². The smallest absolute Gasteiger partial charge is 0.311 e. The van der Waals surface area contributed by atoms with E-state index in [0.29, 0.717) is 17.6 Å². The van der Waals surface area contributed by atoms with Crippen LogP contribution >= 0.6 is 11.3 Å². The summed E-state index contributed by atoms with van der Waals surface area (Å²) in [7, 11) is -1.64. The van der Waals surface area contributed by atoms with Crippen molar-refractivity contribution in [3.63, 3.8) is 0 Å². The quantitative estimate of drug-likeness (QED) is 0.650. The molecule has 0 unspecified atom stereocenters. The lowest BCUT2D eigenvalue weighted by Crippen LogP contribution is -2.34. The van der Waals surface area contributed by atoms with Gasteiger partial charge in [0, 0.05) is 5.38 Å². The highest BCUT2D eigenvalue weighted by molar-refractivity contribution is 7.92. The number of rotatable bonds is 7. The standard InChI is InChI=1S/C19H31NO4S2/c1-19(2,3)26(22,23)13-15-7-5-14(6-8-15)9-10-17-20-16(12-25-17)11-18(21)24-4/h12,14-15H,5-11,13H2,1-4H3. The first-order valence-corrected chi connectivity index (χ1v) is 11.9. The number of methoxy groups -OCH3 is 1. The van der Waals surface area contributed by atoms with Crippen LogP contribution in [0.4, 0.5) is 0 Å². The van der Waals surface area contributed by atoms with Crippen LogP contribution in [-0.4, -0.2) is 37.0 Å². The van der Waals surface area contributed by atoms with Crippen LogP contribution in [0.5, 0.6) is 0 Å². The Morgan fingerprint density at radius 2 is 1.85 bits per heavy atom. The van der Waals surface area contributed by atoms with Gasteiger partial charge in [0.2, 0.25) is 0 Å². The third-order valence-electron chi connectivity index (χ3n) is 5.27. The number of ether oxygens (including phenoxy) is 1. The number of sulfone groups is 1. The molecule has 0 spiro atoms. The van der Waals surface area contributed by atoms with Gasteiger partial charge in [-0.2, -0.15) is 0 Å². The lowest BCUT2D eigenvalue weighted by molar-refractivity contribution is -0.139. The van der Waals surface area contributed by atoms with Crippen LogP contribution in [0.1, 0.15) is 63.6 Å². The number of nitrogens with zero attached hydrogens (tertiary/aromatic N) is 1. The predicted molar refractivity (Wildman–Crippen MR) is 105 cm³/mol. The highest BCUT2D eigenvalue weighted by Crippen LogP contribution is 2.34. The molecule has 0 N–H and O–H groups in total. The Morgan fingerprint density at radius 3 is 2.42 bits per heavy atom. The maximum absolute atomic E-state index is 12.4. The predicted octanol–water partition coefficient (Wildman–Crippen LogP) is 3.81. The SMILES string of the molecule is COC(=O)Cc1csc(CCC2CCC(CS(=O)(=O)C(C)(C)C)CC2)n1. The average molecular weight is 402 g/mol. The molecular formula is C19H31NO4S2. The zero-order valence-electron chi connectivity index (χ0n) is 16.3. The molecule has 0 aliphatic heterocycles. The summed E-state index contributed by atoms with van der Waals surface area (Å²) in [6, 6.07) is 0. The second kappa shape index (κ2) is 8.83. The molecule has 0 amide bonds. The summed E-state index contributed by atoms with van der Waals surface area (Å²) in [4.78, 5) is 15.8. The molecule has 1 heterocycles. The van der Waals surface area contributed by atoms with Gasteiger partial charge in [-0.3, -0.25) is 4.79 Å². The summed E-state index contributed by atoms with van der Waals surface area (Å²) in [5.74, 6) is 1.02. The van der Waals surface area contributed by atoms with Gasteiger partial charge in [0.05, 0.1) is 34.7 Å². The van der Waals surface area contributed by atoms with E-state index < -0.39 is 14.6 Å². The molecule has 0 radical (unpaired) electrons. The molecule has 0 atom stereocenters. The number of aromatic nitrogens is 1. The molecule has 0 aromatic carbocycles. The molecule has 1 aromatic rings. The van der Waals surface area contributed by atoms with Crippen molar-refractivity contribution in [1.82, 2.24) is 4.98 Å². The van der Waals surface area contributed by atoms with Crippen LogP contribution in [0.15, 0.2) is 5.38 Å². The van der Waals surface area contributed by atoms with Crippen molar-refractivity contribution in [3.05, 3.63) is 16.1 Å². The number of carbonyl (C=O) groups excluding carboxylic acids is 1. The van der Waals surface area contributed by atoms with Crippen molar-refractivity contribution >= 4 is 27.1 Å². The molecule has 5 nitrogen and oxygen atoms in total. The highest BCUT2D eigenvalue weighted by atomic mass is 32.2. The van der Waals surface area contributed by atoms with Gasteiger partial charge in [0.1, 0.15) is 0 Å². The second-order valence-electron chi connectivity index (χ2n) is 8.30. The molecule has 2 rings (SSSR count). The van der Waals surface area contributed by atoms with E-state index in [2.05, 4.69) is 9.72 Å². The molecule has 7 heteroatoms. The zero-order chi connectivity index (χ0) is 19.4. The van der Waals surface area contributed by atoms with Gasteiger partial charge in [-0.05, 0) is 58.3 Å². The van der Waals surface area contributed by atoms with Crippen molar-refractivity contribution in [2.45, 2.75) is 70.5 Å². The van der Waals surface area contributed by atoms with Crippen molar-refractivity contribution in [2.75, 3.05) is 12.9 Å². The topological polar surface area (TPSA) is 73.3 Å². The zero-order valence-corrected chi connectivity index (χ0v) is 17.9. The second-order valence-corrected chi connectivity index (χ2v) is 12.0. The van der Waals surface area contributed by atoms with Gasteiger partial charge < -0.3 is 4.74 Å². The van der Waals surface area contributed by atoms with Gasteiger partial charge in [0.25, 0.3) is 0 Å². The summed E-state index contributed by atoms with van der Waals surface area (Å²) in [6.45, 7) is 5.36. The molecular weight excluding hydrogens is 370 g/mol. The summed E-state index contributed by atoms with van der Waals surface area (Å²) in [5.41, 5.74) is 0.785. The fourth-order valence-corrected chi connectivity index (χ4v) is 5.61. The van der Waals surface area contributed by atoms with E-state index in [9.17, 15) is 13.2 Å². The van der Waals surface area contributed by atoms with Gasteiger partial charge in [-0.15, -0.1) is 11.3 Å². The molecule has 0 bridgehead atoms. The summed E-state index contributed by atoms with van der Waals surface area (Å²) >= 11 is 1.60. The number of carbonyl (C=O) groups is 1. The normalized spacial score (nSPS) is 21.5. The molecule has 148 valence electrons. The van der Waals surface area contributed by atoms with E-state index in [0.717, 1.165) is 49.2 Å². The Balaban J connectivity index is 1.75. The Kier molecular flexibility index (Phi) is 7.25. The first-order valence-electron chi connectivity index (χ1n) is 9.33. The number of aryl methyl sites for hydroxylation is 1. The van der Waals surface area contributed by atoms with Crippen molar-refractivity contribution in [3.8, 4) is 0 Å². The fraction of sp³-hybridized carbons (Fsp3) is 0.789. The average Bonchev–Trinajstić information content (AvgIpc) is 3.00. The van der Waals surface area contributed by atoms with Crippen molar-refractivity contribution in [1.29, 1.82) is 0 Å². The van der Waals surface area contributed by atoms with Gasteiger partial charge in [-0.1, -0.05) is 12.8 Å². The van der Waals surface area contributed by atoms with Gasteiger partial charge >= 0.3 is 5.97 Å². The van der Waals surface area contributed by atoms with Crippen LogP contribution in [-0.2, 0) is 32.2 Å². The van der Waals surface area contributed by atoms with E-state index in [1.165, 1.54) is 7.11 Å². The summed E-state index contributed by atoms with van der Waals surface area (Å²) < 4.78 is 28.8. The Morgan fingerprint density at radius 1 is 1.23 bits per heavy atom. The van der Waals surface area contributed by atoms with E-state index in [4.69, 9.17) is 0 Å². The Bertz CT molecular complexity index is 695. The van der Waals surface area contributed by atoms with E-state index in [1.54, 1.807) is 32.1 Å². The summed E-state index contributed by atoms with van der Waals surface area (Å²) in [6.07, 6.45) is 6.47. The first-order chi connectivity index (χ1) is 12.1. The molecule has 1 fully saturated rings. The van der Waals surface area contributed by atoms with Crippen LogP contribution in [0.25, 0.3) is 0 Å². The first kappa shape index (κ1) is 21.4. The van der Waals surface area contributed by atoms with Crippen molar-refractivity contribution < 1.29 is 17.9 Å². The number of esters is 1. The van der Waals surface area contributed by atoms with E-state index >= 15 is 0 Å². The van der Waals surface area contributed by atoms with Crippen molar-refractivity contribution in [2.24, 2.45) is 11.8 Å². The number of thiazole rings is 1. The maximum atomic E-state index is 12.4. The van der Waals surface area contributed by atoms with Gasteiger partial charge in [0.15, 0.2) is 9.84 Å². The Hall–Kier alpha value is -0.950. The number of hydrogen-bond donors (Lipinski definition) is 0. The molecule has 1 aliphatic carbocycles. The highest BCUT2D eigenvalue weighted by Gasteiger charge is 2.33. The molecule has 1 aromatic heterocycles. The molecule has 1 saturated carbocycles. The molecule has 26 heavy (non-hydrogen) atoms. The van der Waals surface area contributed by atoms with Crippen LogP contribution in [0, 0.1) is 11.8 Å². The van der Waals surface area contributed by atoms with Crippen LogP contribution in [0.3, 0.4) is 0 Å². The third kappa shape index (κ3) is 6.05. The lowest BCUT2D eigenvalue weighted by Gasteiger charge is -2.30. The maximum Gasteiger partial charge on any atom is 0.311 e. The molecule has 1 aliphatic rings. The minimum absolute atomic E-state index is 0.236. The van der Waals surface area contributed by atoms with Crippen LogP contribution in [0.2, 0.25) is 0 Å².